The van der Waals surface area contributed by atoms with Crippen molar-refractivity contribution < 1.29 is 4.74 Å². The highest BCUT2D eigenvalue weighted by Crippen LogP contribution is 2.35. The molecule has 1 aliphatic carbocycles. The van der Waals surface area contributed by atoms with Gasteiger partial charge in [-0.3, -0.25) is 0 Å². The molecule has 0 heterocycles. The van der Waals surface area contributed by atoms with Crippen molar-refractivity contribution in [2.45, 2.75) is 24.8 Å². The van der Waals surface area contributed by atoms with Gasteiger partial charge in [-0.05, 0) is 19.3 Å². The lowest BCUT2D eigenvalue weighted by atomic mass is 10.2. The third kappa shape index (κ3) is 1.46. The number of hydrogen-bond donors (Lipinski definition) is 1. The molecular formula is C6H13NO. The summed E-state index contributed by atoms with van der Waals surface area (Å²) in [5.41, 5.74) is 5.93. The molecule has 0 radical (unpaired) electrons. The highest BCUT2D eigenvalue weighted by atomic mass is 16.5. The largest absolute Gasteiger partial charge is 0.385 e. The summed E-state index contributed by atoms with van der Waals surface area (Å²) in [6.45, 7) is 0.816. The van der Waals surface area contributed by atoms with Crippen LogP contribution in [-0.2, 0) is 4.74 Å². The Balaban J connectivity index is 2.01. The molecule has 0 bridgehead atoms. The van der Waals surface area contributed by atoms with Gasteiger partial charge >= 0.3 is 0 Å². The van der Waals surface area contributed by atoms with E-state index < -0.39 is 0 Å². The Labute approximate surface area is 50.0 Å². The molecular weight excluding hydrogens is 102 g/mol. The molecule has 0 spiro atoms. The van der Waals surface area contributed by atoms with Crippen LogP contribution in [0.1, 0.15) is 19.3 Å². The zero-order valence-electron chi connectivity index (χ0n) is 5.31. The summed E-state index contributed by atoms with van der Waals surface area (Å²) in [6.07, 6.45) is 3.41. The van der Waals surface area contributed by atoms with E-state index in [9.17, 15) is 0 Å². The second kappa shape index (κ2) is 2.03. The minimum atomic E-state index is 0.177. The quantitative estimate of drug-likeness (QED) is 0.581. The van der Waals surface area contributed by atoms with Gasteiger partial charge in [-0.1, -0.05) is 0 Å². The van der Waals surface area contributed by atoms with E-state index in [-0.39, 0.29) is 5.54 Å². The Morgan fingerprint density at radius 2 is 2.25 bits per heavy atom. The summed E-state index contributed by atoms with van der Waals surface area (Å²) < 4.78 is 4.88. The zero-order chi connectivity index (χ0) is 6.04. The number of hydrogen-bond acceptors (Lipinski definition) is 2. The average Bonchev–Trinajstić information content (AvgIpc) is 2.45. The van der Waals surface area contributed by atoms with Crippen LogP contribution in [0.5, 0.6) is 0 Å². The van der Waals surface area contributed by atoms with E-state index in [4.69, 9.17) is 10.5 Å². The van der Waals surface area contributed by atoms with Gasteiger partial charge in [0.2, 0.25) is 0 Å². The molecule has 2 N–H and O–H groups in total. The summed E-state index contributed by atoms with van der Waals surface area (Å²) in [5, 5.41) is 0. The van der Waals surface area contributed by atoms with Gasteiger partial charge in [0.15, 0.2) is 0 Å². The fourth-order valence-corrected chi connectivity index (χ4v) is 0.716. The van der Waals surface area contributed by atoms with Gasteiger partial charge in [0.05, 0.1) is 0 Å². The van der Waals surface area contributed by atoms with Gasteiger partial charge < -0.3 is 10.5 Å². The number of methoxy groups -OCH3 is 1. The highest BCUT2D eigenvalue weighted by Gasteiger charge is 2.37. The molecule has 1 saturated carbocycles. The van der Waals surface area contributed by atoms with Crippen molar-refractivity contribution >= 4 is 0 Å². The van der Waals surface area contributed by atoms with E-state index >= 15 is 0 Å². The molecule has 0 amide bonds. The molecule has 0 aromatic carbocycles. The first kappa shape index (κ1) is 6.05. The molecule has 1 fully saturated rings. The van der Waals surface area contributed by atoms with Gasteiger partial charge in [0.25, 0.3) is 0 Å². The molecule has 1 rings (SSSR count). The van der Waals surface area contributed by atoms with Gasteiger partial charge in [-0.25, -0.2) is 0 Å². The van der Waals surface area contributed by atoms with Crippen molar-refractivity contribution in [3.8, 4) is 0 Å². The first-order valence-electron chi connectivity index (χ1n) is 3.05. The topological polar surface area (TPSA) is 35.2 Å². The van der Waals surface area contributed by atoms with Crippen molar-refractivity contribution in [1.82, 2.24) is 0 Å². The van der Waals surface area contributed by atoms with Crippen molar-refractivity contribution in [3.63, 3.8) is 0 Å². The standard InChI is InChI=1S/C6H13NO/c1-8-5-4-6(7)2-3-6/h2-5,7H2,1H3. The maximum absolute atomic E-state index is 5.75. The van der Waals surface area contributed by atoms with Crippen LogP contribution in [0.4, 0.5) is 0 Å². The summed E-state index contributed by atoms with van der Waals surface area (Å²) >= 11 is 0. The van der Waals surface area contributed by atoms with Crippen LogP contribution in [0.25, 0.3) is 0 Å². The molecule has 0 aromatic rings. The van der Waals surface area contributed by atoms with Crippen LogP contribution in [0.15, 0.2) is 0 Å². The molecule has 8 heavy (non-hydrogen) atoms. The molecule has 2 heteroatoms. The molecule has 48 valence electrons. The van der Waals surface area contributed by atoms with E-state index in [0.717, 1.165) is 13.0 Å². The molecule has 0 aliphatic heterocycles. The summed E-state index contributed by atoms with van der Waals surface area (Å²) in [4.78, 5) is 0. The van der Waals surface area contributed by atoms with Crippen LogP contribution in [0, 0.1) is 0 Å². The predicted octanol–water partition coefficient (Wildman–Crippen LogP) is 0.514. The Morgan fingerprint density at radius 3 is 2.62 bits per heavy atom. The molecule has 1 aliphatic rings. The van der Waals surface area contributed by atoms with Gasteiger partial charge in [-0.15, -0.1) is 0 Å². The third-order valence-electron chi connectivity index (χ3n) is 1.70. The Hall–Kier alpha value is -0.0800. The molecule has 0 aromatic heterocycles. The van der Waals surface area contributed by atoms with Crippen molar-refractivity contribution in [2.75, 3.05) is 13.7 Å². The fraction of sp³-hybridized carbons (Fsp3) is 1.00. The van der Waals surface area contributed by atoms with Crippen molar-refractivity contribution in [3.05, 3.63) is 0 Å². The lowest BCUT2D eigenvalue weighted by molar-refractivity contribution is 0.185. The Kier molecular flexibility index (Phi) is 1.54. The lowest BCUT2D eigenvalue weighted by Gasteiger charge is -2.04. The summed E-state index contributed by atoms with van der Waals surface area (Å²) in [6, 6.07) is 0. The van der Waals surface area contributed by atoms with Crippen LogP contribution in [0.3, 0.4) is 0 Å². The second-order valence-corrected chi connectivity index (χ2v) is 2.61. The van der Waals surface area contributed by atoms with Crippen LogP contribution >= 0.6 is 0 Å². The minimum Gasteiger partial charge on any atom is -0.385 e. The highest BCUT2D eigenvalue weighted by molar-refractivity contribution is 4.97. The fourth-order valence-electron chi connectivity index (χ4n) is 0.716. The molecule has 0 unspecified atom stereocenters. The average molecular weight is 115 g/mol. The first-order chi connectivity index (χ1) is 3.77. The maximum atomic E-state index is 5.75. The Bertz CT molecular complexity index is 78.6. The molecule has 0 atom stereocenters. The summed E-state index contributed by atoms with van der Waals surface area (Å²) in [5.74, 6) is 0. The van der Waals surface area contributed by atoms with E-state index in [2.05, 4.69) is 0 Å². The molecule has 2 nitrogen and oxygen atoms in total. The first-order valence-corrected chi connectivity index (χ1v) is 3.05. The number of rotatable bonds is 3. The lowest BCUT2D eigenvalue weighted by Crippen LogP contribution is -2.23. The SMILES string of the molecule is COCCC1(N)CC1. The van der Waals surface area contributed by atoms with Gasteiger partial charge in [0.1, 0.15) is 0 Å². The van der Waals surface area contributed by atoms with Gasteiger partial charge in [0, 0.05) is 19.3 Å². The third-order valence-corrected chi connectivity index (χ3v) is 1.70. The van der Waals surface area contributed by atoms with Crippen LogP contribution in [-0.4, -0.2) is 19.3 Å². The minimum absolute atomic E-state index is 0.177. The van der Waals surface area contributed by atoms with Crippen molar-refractivity contribution in [1.29, 1.82) is 0 Å². The van der Waals surface area contributed by atoms with Crippen LogP contribution < -0.4 is 5.73 Å². The smallest absolute Gasteiger partial charge is 0.0479 e. The van der Waals surface area contributed by atoms with E-state index in [1.54, 1.807) is 7.11 Å². The maximum Gasteiger partial charge on any atom is 0.0479 e. The van der Waals surface area contributed by atoms with E-state index in [1.165, 1.54) is 12.8 Å². The zero-order valence-corrected chi connectivity index (χ0v) is 5.31. The predicted molar refractivity (Wildman–Crippen MR) is 32.6 cm³/mol. The number of nitrogens with two attached hydrogens (primary N) is 1. The Morgan fingerprint density at radius 1 is 1.62 bits per heavy atom. The van der Waals surface area contributed by atoms with E-state index in [0.29, 0.717) is 0 Å². The monoisotopic (exact) mass is 115 g/mol. The normalized spacial score (nSPS) is 23.2. The second-order valence-electron chi connectivity index (χ2n) is 2.61. The van der Waals surface area contributed by atoms with E-state index in [1.807, 2.05) is 0 Å². The van der Waals surface area contributed by atoms with Gasteiger partial charge in [-0.2, -0.15) is 0 Å². The number of ether oxygens (including phenoxy) is 1. The van der Waals surface area contributed by atoms with Crippen molar-refractivity contribution in [2.24, 2.45) is 5.73 Å². The summed E-state index contributed by atoms with van der Waals surface area (Å²) in [7, 11) is 1.71. The molecule has 0 saturated heterocycles. The van der Waals surface area contributed by atoms with Crippen LogP contribution in [0.2, 0.25) is 0 Å².